The Morgan fingerprint density at radius 1 is 1.28 bits per heavy atom. The summed E-state index contributed by atoms with van der Waals surface area (Å²) in [6, 6.07) is 11.5. The third kappa shape index (κ3) is 4.63. The van der Waals surface area contributed by atoms with Crippen molar-refractivity contribution in [3.63, 3.8) is 0 Å². The van der Waals surface area contributed by atoms with Crippen LogP contribution in [0.2, 0.25) is 0 Å². The van der Waals surface area contributed by atoms with E-state index >= 15 is 0 Å². The minimum atomic E-state index is -0.407. The number of rotatable bonds is 8. The lowest BCUT2D eigenvalue weighted by atomic mass is 10.2. The fraction of sp³-hybridized carbons (Fsp3) is 0.235. The van der Waals surface area contributed by atoms with Gasteiger partial charge in [-0.1, -0.05) is 29.5 Å². The molecule has 0 aliphatic heterocycles. The normalized spacial score (nSPS) is 10.8. The number of furan rings is 1. The van der Waals surface area contributed by atoms with Gasteiger partial charge in [-0.3, -0.25) is 9.36 Å². The molecule has 1 aromatic carbocycles. The minimum absolute atomic E-state index is 0.134. The average molecular weight is 358 g/mol. The van der Waals surface area contributed by atoms with Crippen LogP contribution in [0.5, 0.6) is 5.75 Å². The Morgan fingerprint density at radius 2 is 2.08 bits per heavy atom. The molecule has 2 heterocycles. The maximum absolute atomic E-state index is 11.0. The molecular formula is C17H18N4O3S. The maximum Gasteiger partial charge on any atom is 0.227 e. The fourth-order valence-corrected chi connectivity index (χ4v) is 2.86. The van der Waals surface area contributed by atoms with Crippen LogP contribution in [0.3, 0.4) is 0 Å². The van der Waals surface area contributed by atoms with Gasteiger partial charge in [0, 0.05) is 0 Å². The van der Waals surface area contributed by atoms with Crippen molar-refractivity contribution in [1.82, 2.24) is 14.8 Å². The summed E-state index contributed by atoms with van der Waals surface area (Å²) in [6.07, 6.45) is 1.61. The summed E-state index contributed by atoms with van der Waals surface area (Å²) in [5.41, 5.74) is 6.38. The van der Waals surface area contributed by atoms with Gasteiger partial charge >= 0.3 is 0 Å². The molecule has 0 saturated carbocycles. The van der Waals surface area contributed by atoms with E-state index in [0.29, 0.717) is 17.5 Å². The number of nitrogens with zero attached hydrogens (tertiary/aromatic N) is 3. The highest BCUT2D eigenvalue weighted by molar-refractivity contribution is 7.99. The van der Waals surface area contributed by atoms with Crippen LogP contribution in [-0.2, 0) is 17.9 Å². The molecule has 0 radical (unpaired) electrons. The highest BCUT2D eigenvalue weighted by Crippen LogP contribution is 2.20. The van der Waals surface area contributed by atoms with E-state index in [9.17, 15) is 4.79 Å². The van der Waals surface area contributed by atoms with Gasteiger partial charge in [-0.15, -0.1) is 10.2 Å². The number of aryl methyl sites for hydroxylation is 1. The van der Waals surface area contributed by atoms with E-state index in [1.165, 1.54) is 17.3 Å². The number of carbonyl (C=O) groups excluding carboxylic acids is 1. The van der Waals surface area contributed by atoms with E-state index in [2.05, 4.69) is 10.2 Å². The molecule has 25 heavy (non-hydrogen) atoms. The topological polar surface area (TPSA) is 96.2 Å². The molecule has 0 fully saturated rings. The summed E-state index contributed by atoms with van der Waals surface area (Å²) in [5, 5.41) is 8.92. The zero-order chi connectivity index (χ0) is 17.6. The summed E-state index contributed by atoms with van der Waals surface area (Å²) >= 11 is 1.24. The van der Waals surface area contributed by atoms with Crippen LogP contribution in [-0.4, -0.2) is 26.4 Å². The Kier molecular flexibility index (Phi) is 5.39. The van der Waals surface area contributed by atoms with Crippen molar-refractivity contribution in [1.29, 1.82) is 0 Å². The maximum atomic E-state index is 11.0. The lowest BCUT2D eigenvalue weighted by molar-refractivity contribution is -0.115. The van der Waals surface area contributed by atoms with Crippen LogP contribution >= 0.6 is 11.8 Å². The molecule has 0 aliphatic carbocycles. The number of hydrogen-bond donors (Lipinski definition) is 1. The molecule has 2 N–H and O–H groups in total. The first-order chi connectivity index (χ1) is 12.1. The smallest absolute Gasteiger partial charge is 0.227 e. The SMILES string of the molecule is Cc1ccc(OCc2nnc(SCC(N)=O)n2Cc2ccco2)cc1. The first kappa shape index (κ1) is 17.1. The molecule has 1 amide bonds. The fourth-order valence-electron chi connectivity index (χ4n) is 2.17. The lowest BCUT2D eigenvalue weighted by Crippen LogP contribution is -2.14. The number of primary amides is 1. The molecular weight excluding hydrogens is 340 g/mol. The van der Waals surface area contributed by atoms with Crippen LogP contribution in [0.15, 0.2) is 52.2 Å². The molecule has 0 spiro atoms. The van der Waals surface area contributed by atoms with Crippen LogP contribution in [0.4, 0.5) is 0 Å². The lowest BCUT2D eigenvalue weighted by Gasteiger charge is -2.10. The first-order valence-electron chi connectivity index (χ1n) is 7.67. The number of aromatic nitrogens is 3. The van der Waals surface area contributed by atoms with E-state index < -0.39 is 5.91 Å². The van der Waals surface area contributed by atoms with Crippen LogP contribution < -0.4 is 10.5 Å². The predicted octanol–water partition coefficient (Wildman–Crippen LogP) is 2.38. The molecule has 8 heteroatoms. The van der Waals surface area contributed by atoms with E-state index in [1.807, 2.05) is 47.9 Å². The molecule has 0 saturated heterocycles. The molecule has 3 aromatic rings. The quantitative estimate of drug-likeness (QED) is 0.621. The molecule has 0 bridgehead atoms. The van der Waals surface area contributed by atoms with E-state index in [0.717, 1.165) is 11.5 Å². The Morgan fingerprint density at radius 3 is 2.76 bits per heavy atom. The largest absolute Gasteiger partial charge is 0.486 e. The van der Waals surface area contributed by atoms with Gasteiger partial charge in [0.15, 0.2) is 11.0 Å². The second kappa shape index (κ2) is 7.89. The zero-order valence-electron chi connectivity index (χ0n) is 13.7. The summed E-state index contributed by atoms with van der Waals surface area (Å²) < 4.78 is 13.1. The van der Waals surface area contributed by atoms with Crippen molar-refractivity contribution in [3.05, 3.63) is 59.8 Å². The first-order valence-corrected chi connectivity index (χ1v) is 8.65. The number of benzene rings is 1. The van der Waals surface area contributed by atoms with Crippen molar-refractivity contribution in [3.8, 4) is 5.75 Å². The Bertz CT molecular complexity index is 828. The van der Waals surface area contributed by atoms with E-state index in [-0.39, 0.29) is 12.4 Å². The van der Waals surface area contributed by atoms with Gasteiger partial charge in [0.05, 0.1) is 18.6 Å². The Balaban J connectivity index is 1.76. The van der Waals surface area contributed by atoms with Gasteiger partial charge in [-0.05, 0) is 31.2 Å². The monoisotopic (exact) mass is 358 g/mol. The number of amides is 1. The van der Waals surface area contributed by atoms with Crippen LogP contribution in [0, 0.1) is 6.92 Å². The van der Waals surface area contributed by atoms with Crippen molar-refractivity contribution in [2.75, 3.05) is 5.75 Å². The Hall–Kier alpha value is -2.74. The number of ether oxygens (including phenoxy) is 1. The summed E-state index contributed by atoms with van der Waals surface area (Å²) in [4.78, 5) is 11.0. The second-order valence-corrected chi connectivity index (χ2v) is 6.36. The van der Waals surface area contributed by atoms with Gasteiger partial charge in [-0.25, -0.2) is 0 Å². The minimum Gasteiger partial charge on any atom is -0.486 e. The highest BCUT2D eigenvalue weighted by Gasteiger charge is 2.15. The number of thioether (sulfide) groups is 1. The van der Waals surface area contributed by atoms with E-state index in [4.69, 9.17) is 14.9 Å². The van der Waals surface area contributed by atoms with Crippen LogP contribution in [0.25, 0.3) is 0 Å². The van der Waals surface area contributed by atoms with Crippen molar-refractivity contribution in [2.24, 2.45) is 5.73 Å². The van der Waals surface area contributed by atoms with Gasteiger partial charge < -0.3 is 14.9 Å². The predicted molar refractivity (Wildman–Crippen MR) is 93.3 cm³/mol. The van der Waals surface area contributed by atoms with Gasteiger partial charge in [-0.2, -0.15) is 0 Å². The number of nitrogens with two attached hydrogens (primary N) is 1. The van der Waals surface area contributed by atoms with Gasteiger partial charge in [0.1, 0.15) is 18.1 Å². The number of carbonyl (C=O) groups is 1. The summed E-state index contributed by atoms with van der Waals surface area (Å²) in [6.45, 7) is 2.73. The summed E-state index contributed by atoms with van der Waals surface area (Å²) in [7, 11) is 0. The van der Waals surface area contributed by atoms with Gasteiger partial charge in [0.25, 0.3) is 0 Å². The number of hydrogen-bond acceptors (Lipinski definition) is 6. The zero-order valence-corrected chi connectivity index (χ0v) is 14.5. The van der Waals surface area contributed by atoms with Crippen molar-refractivity contribution < 1.29 is 13.9 Å². The molecule has 130 valence electrons. The molecule has 0 unspecified atom stereocenters. The Labute approximate surface area is 149 Å². The van der Waals surface area contributed by atoms with Gasteiger partial charge in [0.2, 0.25) is 5.91 Å². The third-order valence-corrected chi connectivity index (χ3v) is 4.41. The molecule has 7 nitrogen and oxygen atoms in total. The summed E-state index contributed by atoms with van der Waals surface area (Å²) in [5.74, 6) is 1.88. The second-order valence-electron chi connectivity index (χ2n) is 5.42. The van der Waals surface area contributed by atoms with E-state index in [1.54, 1.807) is 6.26 Å². The highest BCUT2D eigenvalue weighted by atomic mass is 32.2. The molecule has 0 aliphatic rings. The van der Waals surface area contributed by atoms with Crippen molar-refractivity contribution in [2.45, 2.75) is 25.2 Å². The third-order valence-electron chi connectivity index (χ3n) is 3.42. The molecule has 3 rings (SSSR count). The standard InChI is InChI=1S/C17H18N4O3S/c1-12-4-6-13(7-5-12)24-10-16-19-20-17(25-11-15(18)22)21(16)9-14-3-2-8-23-14/h2-8H,9-11H2,1H3,(H2,18,22). The molecule has 0 atom stereocenters. The average Bonchev–Trinajstić information content (AvgIpc) is 3.23. The molecule has 2 aromatic heterocycles. The van der Waals surface area contributed by atoms with Crippen molar-refractivity contribution >= 4 is 17.7 Å². The van der Waals surface area contributed by atoms with Crippen LogP contribution in [0.1, 0.15) is 17.1 Å².